The highest BCUT2D eigenvalue weighted by molar-refractivity contribution is 7.91. The molecule has 2 aromatic heterocycles. The summed E-state index contributed by atoms with van der Waals surface area (Å²) in [6, 6.07) is 10.1. The molecular weight excluding hydrogens is 446 g/mol. The number of furan rings is 1. The third kappa shape index (κ3) is 5.00. The average molecular weight is 472 g/mol. The molecule has 2 amide bonds. The summed E-state index contributed by atoms with van der Waals surface area (Å²) in [5.41, 5.74) is 1.92. The second-order valence-corrected chi connectivity index (χ2v) is 10.1. The van der Waals surface area contributed by atoms with Crippen LogP contribution in [-0.4, -0.2) is 67.1 Å². The molecule has 9 nitrogen and oxygen atoms in total. The van der Waals surface area contributed by atoms with Crippen LogP contribution in [0.4, 0.5) is 0 Å². The monoisotopic (exact) mass is 471 g/mol. The van der Waals surface area contributed by atoms with Gasteiger partial charge in [-0.15, -0.1) is 0 Å². The number of carbonyl (C=O) groups is 2. The number of piperazine rings is 1. The van der Waals surface area contributed by atoms with Crippen molar-refractivity contribution in [3.05, 3.63) is 59.7 Å². The van der Waals surface area contributed by atoms with E-state index in [9.17, 15) is 18.0 Å². The smallest absolute Gasteiger partial charge is 0.289 e. The summed E-state index contributed by atoms with van der Waals surface area (Å²) in [6.07, 6.45) is 1.32. The lowest BCUT2D eigenvalue weighted by Gasteiger charge is -2.34. The van der Waals surface area contributed by atoms with E-state index in [-0.39, 0.29) is 34.6 Å². The number of rotatable bonds is 6. The largest absolute Gasteiger partial charge is 0.459 e. The minimum absolute atomic E-state index is 0.125. The average Bonchev–Trinajstić information content (AvgIpc) is 3.49. The number of benzene rings is 1. The summed E-state index contributed by atoms with van der Waals surface area (Å²) < 4.78 is 36.4. The molecule has 33 heavy (non-hydrogen) atoms. The molecule has 0 aliphatic carbocycles. The van der Waals surface area contributed by atoms with Crippen LogP contribution in [-0.2, 0) is 14.6 Å². The Labute approximate surface area is 191 Å². The quantitative estimate of drug-likeness (QED) is 0.543. The van der Waals surface area contributed by atoms with Crippen LogP contribution in [0, 0.1) is 13.8 Å². The maximum atomic E-state index is 13.0. The zero-order valence-corrected chi connectivity index (χ0v) is 19.3. The maximum absolute atomic E-state index is 13.0. The van der Waals surface area contributed by atoms with Gasteiger partial charge in [-0.2, -0.15) is 0 Å². The first-order valence-electron chi connectivity index (χ1n) is 10.6. The van der Waals surface area contributed by atoms with E-state index in [2.05, 4.69) is 5.16 Å². The molecule has 3 heterocycles. The Bertz CT molecular complexity index is 1260. The first kappa shape index (κ1) is 22.8. The molecule has 0 radical (unpaired) electrons. The first-order valence-corrected chi connectivity index (χ1v) is 12.3. The highest BCUT2D eigenvalue weighted by atomic mass is 32.2. The number of aromatic nitrogens is 1. The van der Waals surface area contributed by atoms with E-state index >= 15 is 0 Å². The summed E-state index contributed by atoms with van der Waals surface area (Å²) in [7, 11) is -3.69. The molecule has 1 fully saturated rings. The predicted octanol–water partition coefficient (Wildman–Crippen LogP) is 2.70. The molecule has 4 rings (SSSR count). The van der Waals surface area contributed by atoms with Gasteiger partial charge in [0.15, 0.2) is 21.4 Å². The van der Waals surface area contributed by atoms with Crippen molar-refractivity contribution in [3.8, 4) is 11.3 Å². The Balaban J connectivity index is 1.37. The lowest BCUT2D eigenvalue weighted by Crippen LogP contribution is -2.50. The van der Waals surface area contributed by atoms with Gasteiger partial charge in [0.05, 0.1) is 22.6 Å². The molecule has 10 heteroatoms. The van der Waals surface area contributed by atoms with Crippen LogP contribution in [0.25, 0.3) is 11.3 Å². The van der Waals surface area contributed by atoms with Gasteiger partial charge in [-0.25, -0.2) is 8.42 Å². The topological polar surface area (TPSA) is 114 Å². The SMILES string of the molecule is Cc1cc(-c2ccc(C)c(S(=O)(=O)CCC(=O)N3CCN(C(=O)c4ccco4)CC3)c2)on1. The molecule has 174 valence electrons. The van der Waals surface area contributed by atoms with Gasteiger partial charge >= 0.3 is 0 Å². The second-order valence-electron chi connectivity index (χ2n) is 8.03. The van der Waals surface area contributed by atoms with Crippen molar-refractivity contribution in [2.45, 2.75) is 25.2 Å². The zero-order chi connectivity index (χ0) is 23.6. The van der Waals surface area contributed by atoms with E-state index in [1.165, 1.54) is 6.26 Å². The minimum atomic E-state index is -3.69. The Morgan fingerprint density at radius 1 is 1.03 bits per heavy atom. The Kier molecular flexibility index (Phi) is 6.37. The lowest BCUT2D eigenvalue weighted by atomic mass is 10.1. The van der Waals surface area contributed by atoms with Crippen molar-refractivity contribution in [1.29, 1.82) is 0 Å². The molecule has 3 aromatic rings. The lowest BCUT2D eigenvalue weighted by molar-refractivity contribution is -0.132. The number of hydrogen-bond donors (Lipinski definition) is 0. The van der Waals surface area contributed by atoms with Crippen LogP contribution in [0.2, 0.25) is 0 Å². The molecule has 1 aliphatic heterocycles. The fraction of sp³-hybridized carbons (Fsp3) is 0.348. The highest BCUT2D eigenvalue weighted by Crippen LogP contribution is 2.27. The fourth-order valence-electron chi connectivity index (χ4n) is 3.79. The third-order valence-electron chi connectivity index (χ3n) is 5.67. The van der Waals surface area contributed by atoms with Crippen molar-refractivity contribution >= 4 is 21.7 Å². The summed E-state index contributed by atoms with van der Waals surface area (Å²) in [6.45, 7) is 4.96. The predicted molar refractivity (Wildman–Crippen MR) is 119 cm³/mol. The third-order valence-corrected chi connectivity index (χ3v) is 7.52. The van der Waals surface area contributed by atoms with Crippen molar-refractivity contribution in [2.75, 3.05) is 31.9 Å². The number of sulfone groups is 1. The minimum Gasteiger partial charge on any atom is -0.459 e. The highest BCUT2D eigenvalue weighted by Gasteiger charge is 2.27. The maximum Gasteiger partial charge on any atom is 0.289 e. The van der Waals surface area contributed by atoms with Crippen LogP contribution in [0.5, 0.6) is 0 Å². The Morgan fingerprint density at radius 3 is 2.39 bits per heavy atom. The molecule has 0 unspecified atom stereocenters. The van der Waals surface area contributed by atoms with Crippen LogP contribution in [0.15, 0.2) is 56.5 Å². The van der Waals surface area contributed by atoms with E-state index in [0.717, 1.165) is 0 Å². The Morgan fingerprint density at radius 2 is 1.76 bits per heavy atom. The van der Waals surface area contributed by atoms with Gasteiger partial charge in [0.2, 0.25) is 5.91 Å². The second kappa shape index (κ2) is 9.22. The number of aryl methyl sites for hydroxylation is 2. The molecule has 1 saturated heterocycles. The van der Waals surface area contributed by atoms with Gasteiger partial charge in [0, 0.05) is 44.2 Å². The summed E-state index contributed by atoms with van der Waals surface area (Å²) in [4.78, 5) is 28.4. The van der Waals surface area contributed by atoms with Crippen LogP contribution < -0.4 is 0 Å². The molecule has 0 spiro atoms. The van der Waals surface area contributed by atoms with Gasteiger partial charge in [0.1, 0.15) is 0 Å². The number of hydrogen-bond acceptors (Lipinski definition) is 7. The van der Waals surface area contributed by atoms with Gasteiger partial charge in [-0.3, -0.25) is 9.59 Å². The van der Waals surface area contributed by atoms with Gasteiger partial charge in [-0.1, -0.05) is 17.3 Å². The number of nitrogens with zero attached hydrogens (tertiary/aromatic N) is 3. The first-order chi connectivity index (χ1) is 15.7. The van der Waals surface area contributed by atoms with Crippen molar-refractivity contribution in [1.82, 2.24) is 15.0 Å². The van der Waals surface area contributed by atoms with Crippen molar-refractivity contribution < 1.29 is 26.9 Å². The van der Waals surface area contributed by atoms with Crippen molar-refractivity contribution in [3.63, 3.8) is 0 Å². The number of carbonyl (C=O) groups excluding carboxylic acids is 2. The zero-order valence-electron chi connectivity index (χ0n) is 18.5. The van der Waals surface area contributed by atoms with E-state index in [4.69, 9.17) is 8.94 Å². The summed E-state index contributed by atoms with van der Waals surface area (Å²) in [5, 5.41) is 3.84. The fourth-order valence-corrected chi connectivity index (χ4v) is 5.32. The molecular formula is C23H25N3O6S. The molecule has 1 aromatic carbocycles. The van der Waals surface area contributed by atoms with Crippen molar-refractivity contribution in [2.24, 2.45) is 0 Å². The van der Waals surface area contributed by atoms with Gasteiger partial charge in [0.25, 0.3) is 5.91 Å². The number of amides is 2. The standard InChI is InChI=1S/C23H25N3O6S/c1-16-5-6-18(20-14-17(2)24-32-20)15-21(16)33(29,30)13-7-22(27)25-8-10-26(11-9-25)23(28)19-4-3-12-31-19/h3-6,12,14-15H,7-11,13H2,1-2H3. The van der Waals surface area contributed by atoms with Crippen LogP contribution in [0.3, 0.4) is 0 Å². The van der Waals surface area contributed by atoms with Crippen LogP contribution >= 0.6 is 0 Å². The molecule has 0 bridgehead atoms. The van der Waals surface area contributed by atoms with Crippen LogP contribution in [0.1, 0.15) is 28.2 Å². The van der Waals surface area contributed by atoms with E-state index in [1.807, 2.05) is 0 Å². The Hall–Kier alpha value is -3.40. The summed E-state index contributed by atoms with van der Waals surface area (Å²) >= 11 is 0. The van der Waals surface area contributed by atoms with Gasteiger partial charge in [-0.05, 0) is 37.6 Å². The van der Waals surface area contributed by atoms with E-state index < -0.39 is 9.84 Å². The van der Waals surface area contributed by atoms with E-state index in [0.29, 0.717) is 48.8 Å². The molecule has 0 saturated carbocycles. The van der Waals surface area contributed by atoms with Gasteiger partial charge < -0.3 is 18.7 Å². The normalized spacial score (nSPS) is 14.5. The molecule has 0 N–H and O–H groups in total. The molecule has 0 atom stereocenters. The molecule has 1 aliphatic rings. The summed E-state index contributed by atoms with van der Waals surface area (Å²) in [5.74, 6) is -0.00632. The van der Waals surface area contributed by atoms with E-state index in [1.54, 1.807) is 60.0 Å².